The molecule has 0 bridgehead atoms. The molecule has 0 spiro atoms. The van der Waals surface area contributed by atoms with Gasteiger partial charge in [0.15, 0.2) is 0 Å². The lowest BCUT2D eigenvalue weighted by Crippen LogP contribution is -2.37. The van der Waals surface area contributed by atoms with Crippen molar-refractivity contribution in [2.75, 3.05) is 31.2 Å². The van der Waals surface area contributed by atoms with Gasteiger partial charge in [-0.2, -0.15) is 5.10 Å². The molecule has 1 saturated heterocycles. The number of carboxylic acids is 1. The van der Waals surface area contributed by atoms with Gasteiger partial charge in [0, 0.05) is 20.1 Å². The topological polar surface area (TPSA) is 93.6 Å². The third-order valence-corrected chi connectivity index (χ3v) is 3.82. The summed E-state index contributed by atoms with van der Waals surface area (Å²) in [5.74, 6) is 0.0835. The number of ether oxygens (including phenoxy) is 1. The standard InChI is InChI=1S/C14H18N4O4/c1-8-10(12-11(14(19)20)9(2)22-16-12)13(17(3)15-8)18-4-6-21-7-5-18/h4-7H2,1-3H3,(H,19,20). The van der Waals surface area contributed by atoms with E-state index < -0.39 is 5.97 Å². The molecule has 1 aliphatic heterocycles. The number of hydrogen-bond donors (Lipinski definition) is 1. The molecule has 1 aliphatic rings. The Kier molecular flexibility index (Phi) is 3.61. The number of aromatic nitrogens is 3. The van der Waals surface area contributed by atoms with E-state index in [9.17, 15) is 9.90 Å². The highest BCUT2D eigenvalue weighted by molar-refractivity contribution is 5.97. The van der Waals surface area contributed by atoms with Crippen LogP contribution in [-0.2, 0) is 11.8 Å². The summed E-state index contributed by atoms with van der Waals surface area (Å²) in [6.45, 7) is 6.16. The number of hydrogen-bond acceptors (Lipinski definition) is 6. The van der Waals surface area contributed by atoms with E-state index in [0.717, 1.165) is 24.6 Å². The number of rotatable bonds is 3. The maximum atomic E-state index is 11.5. The first kappa shape index (κ1) is 14.6. The minimum Gasteiger partial charge on any atom is -0.477 e. The zero-order valence-corrected chi connectivity index (χ0v) is 12.8. The quantitative estimate of drug-likeness (QED) is 0.911. The van der Waals surface area contributed by atoms with E-state index in [1.54, 1.807) is 11.6 Å². The monoisotopic (exact) mass is 306 g/mol. The van der Waals surface area contributed by atoms with Crippen LogP contribution in [0.5, 0.6) is 0 Å². The molecule has 3 rings (SSSR count). The second kappa shape index (κ2) is 5.45. The van der Waals surface area contributed by atoms with Gasteiger partial charge < -0.3 is 19.3 Å². The molecule has 1 N–H and O–H groups in total. The fourth-order valence-corrected chi connectivity index (χ4v) is 2.86. The summed E-state index contributed by atoms with van der Waals surface area (Å²) in [5, 5.41) is 17.8. The van der Waals surface area contributed by atoms with E-state index in [2.05, 4.69) is 15.2 Å². The molecule has 8 heteroatoms. The molecule has 8 nitrogen and oxygen atoms in total. The average molecular weight is 306 g/mol. The lowest BCUT2D eigenvalue weighted by atomic mass is 10.1. The van der Waals surface area contributed by atoms with Crippen LogP contribution in [0.3, 0.4) is 0 Å². The Hall–Kier alpha value is -2.35. The molecule has 0 atom stereocenters. The molecule has 0 aliphatic carbocycles. The molecule has 2 aromatic heterocycles. The molecule has 0 amide bonds. The molecule has 0 saturated carbocycles. The number of carboxylic acid groups (broad SMARTS) is 1. The van der Waals surface area contributed by atoms with Crippen molar-refractivity contribution >= 4 is 11.8 Å². The Morgan fingerprint density at radius 3 is 2.59 bits per heavy atom. The second-order valence-electron chi connectivity index (χ2n) is 5.27. The molecule has 0 radical (unpaired) electrons. The van der Waals surface area contributed by atoms with E-state index >= 15 is 0 Å². The highest BCUT2D eigenvalue weighted by Crippen LogP contribution is 2.36. The van der Waals surface area contributed by atoms with Crippen LogP contribution in [0.4, 0.5) is 5.82 Å². The molecule has 1 fully saturated rings. The smallest absolute Gasteiger partial charge is 0.341 e. The third-order valence-electron chi connectivity index (χ3n) is 3.82. The highest BCUT2D eigenvalue weighted by Gasteiger charge is 2.29. The van der Waals surface area contributed by atoms with Gasteiger partial charge in [-0.1, -0.05) is 5.16 Å². The van der Waals surface area contributed by atoms with Crippen molar-refractivity contribution in [1.82, 2.24) is 14.9 Å². The van der Waals surface area contributed by atoms with Gasteiger partial charge in [0.25, 0.3) is 0 Å². The van der Waals surface area contributed by atoms with Gasteiger partial charge in [-0.3, -0.25) is 4.68 Å². The van der Waals surface area contributed by atoms with Gasteiger partial charge >= 0.3 is 5.97 Å². The minimum atomic E-state index is -1.05. The van der Waals surface area contributed by atoms with Crippen molar-refractivity contribution in [3.05, 3.63) is 17.0 Å². The largest absolute Gasteiger partial charge is 0.477 e. The van der Waals surface area contributed by atoms with Gasteiger partial charge in [0.1, 0.15) is 22.8 Å². The predicted octanol–water partition coefficient (Wildman–Crippen LogP) is 1.23. The van der Waals surface area contributed by atoms with Gasteiger partial charge in [0.2, 0.25) is 0 Å². The van der Waals surface area contributed by atoms with Crippen molar-refractivity contribution in [1.29, 1.82) is 0 Å². The first-order chi connectivity index (χ1) is 10.5. The van der Waals surface area contributed by atoms with Crippen molar-refractivity contribution < 1.29 is 19.2 Å². The molecular weight excluding hydrogens is 288 g/mol. The maximum Gasteiger partial charge on any atom is 0.341 e. The Labute approximate surface area is 127 Å². The van der Waals surface area contributed by atoms with E-state index in [-0.39, 0.29) is 5.56 Å². The van der Waals surface area contributed by atoms with Crippen LogP contribution in [0.2, 0.25) is 0 Å². The molecule has 0 unspecified atom stereocenters. The summed E-state index contributed by atoms with van der Waals surface area (Å²) in [7, 11) is 1.84. The lowest BCUT2D eigenvalue weighted by molar-refractivity contribution is 0.0695. The predicted molar refractivity (Wildman–Crippen MR) is 78.2 cm³/mol. The number of morpholine rings is 1. The van der Waals surface area contributed by atoms with E-state index in [0.29, 0.717) is 30.2 Å². The van der Waals surface area contributed by atoms with Crippen LogP contribution in [0.25, 0.3) is 11.3 Å². The van der Waals surface area contributed by atoms with Gasteiger partial charge in [-0.05, 0) is 13.8 Å². The van der Waals surface area contributed by atoms with Crippen molar-refractivity contribution in [2.45, 2.75) is 13.8 Å². The van der Waals surface area contributed by atoms with Gasteiger partial charge in [-0.25, -0.2) is 4.79 Å². The van der Waals surface area contributed by atoms with Gasteiger partial charge in [-0.15, -0.1) is 0 Å². The molecule has 118 valence electrons. The number of aryl methyl sites for hydroxylation is 3. The Morgan fingerprint density at radius 2 is 1.95 bits per heavy atom. The summed E-state index contributed by atoms with van der Waals surface area (Å²) in [4.78, 5) is 13.7. The van der Waals surface area contributed by atoms with Crippen molar-refractivity contribution in [3.63, 3.8) is 0 Å². The second-order valence-corrected chi connectivity index (χ2v) is 5.27. The highest BCUT2D eigenvalue weighted by atomic mass is 16.5. The molecule has 2 aromatic rings. The summed E-state index contributed by atoms with van der Waals surface area (Å²) >= 11 is 0. The molecule has 22 heavy (non-hydrogen) atoms. The fraction of sp³-hybridized carbons (Fsp3) is 0.500. The van der Waals surface area contributed by atoms with Crippen LogP contribution in [0.15, 0.2) is 4.52 Å². The van der Waals surface area contributed by atoms with Crippen LogP contribution < -0.4 is 4.90 Å². The summed E-state index contributed by atoms with van der Waals surface area (Å²) in [5.41, 5.74) is 1.85. The van der Waals surface area contributed by atoms with Crippen LogP contribution >= 0.6 is 0 Å². The van der Waals surface area contributed by atoms with Crippen LogP contribution in [0, 0.1) is 13.8 Å². The minimum absolute atomic E-state index is 0.0885. The summed E-state index contributed by atoms with van der Waals surface area (Å²) in [6.07, 6.45) is 0. The van der Waals surface area contributed by atoms with E-state index in [1.807, 2.05) is 14.0 Å². The van der Waals surface area contributed by atoms with E-state index in [4.69, 9.17) is 9.26 Å². The molecule has 3 heterocycles. The fourth-order valence-electron chi connectivity index (χ4n) is 2.86. The van der Waals surface area contributed by atoms with Crippen molar-refractivity contribution in [3.8, 4) is 11.3 Å². The lowest BCUT2D eigenvalue weighted by Gasteiger charge is -2.29. The number of carbonyl (C=O) groups is 1. The number of aromatic carboxylic acids is 1. The first-order valence-electron chi connectivity index (χ1n) is 7.07. The Bertz CT molecular complexity index is 713. The first-order valence-corrected chi connectivity index (χ1v) is 7.07. The average Bonchev–Trinajstić information content (AvgIpc) is 2.99. The summed E-state index contributed by atoms with van der Waals surface area (Å²) in [6, 6.07) is 0. The van der Waals surface area contributed by atoms with E-state index in [1.165, 1.54) is 0 Å². The SMILES string of the molecule is Cc1nn(C)c(N2CCOCC2)c1-c1noc(C)c1C(=O)O. The number of anilines is 1. The van der Waals surface area contributed by atoms with Crippen LogP contribution in [-0.4, -0.2) is 52.3 Å². The maximum absolute atomic E-state index is 11.5. The van der Waals surface area contributed by atoms with Gasteiger partial charge in [0.05, 0.1) is 24.5 Å². The zero-order chi connectivity index (χ0) is 15.9. The summed E-state index contributed by atoms with van der Waals surface area (Å²) < 4.78 is 12.2. The molecule has 0 aromatic carbocycles. The van der Waals surface area contributed by atoms with Crippen molar-refractivity contribution in [2.24, 2.45) is 7.05 Å². The normalized spacial score (nSPS) is 15.3. The molecular formula is C14H18N4O4. The van der Waals surface area contributed by atoms with Crippen LogP contribution in [0.1, 0.15) is 21.8 Å². The Balaban J connectivity index is 2.17. The number of nitrogens with zero attached hydrogens (tertiary/aromatic N) is 4. The third kappa shape index (κ3) is 2.25. The zero-order valence-electron chi connectivity index (χ0n) is 12.8. The Morgan fingerprint density at radius 1 is 1.27 bits per heavy atom.